The van der Waals surface area contributed by atoms with Crippen molar-refractivity contribution in [1.29, 1.82) is 0 Å². The first-order valence-electron chi connectivity index (χ1n) is 8.54. The molecule has 0 amide bonds. The molecule has 10 heteroatoms. The van der Waals surface area contributed by atoms with E-state index >= 15 is 0 Å². The van der Waals surface area contributed by atoms with E-state index in [9.17, 15) is 10.1 Å². The van der Waals surface area contributed by atoms with E-state index in [0.29, 0.717) is 10.9 Å². The van der Waals surface area contributed by atoms with Gasteiger partial charge in [0.15, 0.2) is 5.17 Å². The minimum absolute atomic E-state index is 0.0513. The Balaban J connectivity index is 1.52. The fourth-order valence-corrected chi connectivity index (χ4v) is 2.87. The Morgan fingerprint density at radius 3 is 2.83 bits per heavy atom. The molecule has 148 valence electrons. The second-order valence-electron chi connectivity index (χ2n) is 5.77. The van der Waals surface area contributed by atoms with Crippen LogP contribution >= 0.6 is 11.8 Å². The fraction of sp³-hybridized carbons (Fsp3) is 0.105. The molecule has 1 heterocycles. The van der Waals surface area contributed by atoms with Crippen LogP contribution in [0.5, 0.6) is 5.75 Å². The third-order valence-electron chi connectivity index (χ3n) is 3.63. The van der Waals surface area contributed by atoms with Gasteiger partial charge >= 0.3 is 5.82 Å². The van der Waals surface area contributed by atoms with E-state index in [1.807, 2.05) is 36.4 Å². The molecule has 0 fully saturated rings. The van der Waals surface area contributed by atoms with Crippen LogP contribution in [-0.2, 0) is 12.5 Å². The molecule has 9 nitrogen and oxygen atoms in total. The van der Waals surface area contributed by atoms with E-state index in [1.165, 1.54) is 28.7 Å². The second-order valence-corrected chi connectivity index (χ2v) is 6.77. The number of nitro groups is 1. The maximum atomic E-state index is 10.6. The average molecular weight is 410 g/mol. The standard InChI is InChI=1S/C19H18N6O3S/c20-19(29-13-15-5-2-1-3-6-15)22-21-12-16-7-4-8-17(11-16)28-14-24-10-9-18(23-24)25(26)27/h1-12H,13-14H2,(H2,20,22). The summed E-state index contributed by atoms with van der Waals surface area (Å²) in [4.78, 5) is 10.1. The number of aromatic nitrogens is 2. The molecular weight excluding hydrogens is 392 g/mol. The molecule has 0 unspecified atom stereocenters. The van der Waals surface area contributed by atoms with Gasteiger partial charge < -0.3 is 20.6 Å². The molecule has 3 aromatic rings. The quantitative estimate of drug-likeness (QED) is 0.263. The first kappa shape index (κ1) is 20.1. The van der Waals surface area contributed by atoms with Crippen molar-refractivity contribution in [3.05, 3.63) is 88.1 Å². The molecule has 0 radical (unpaired) electrons. The maximum Gasteiger partial charge on any atom is 0.390 e. The zero-order valence-corrected chi connectivity index (χ0v) is 16.1. The van der Waals surface area contributed by atoms with Crippen LogP contribution in [0.25, 0.3) is 0 Å². The van der Waals surface area contributed by atoms with E-state index in [1.54, 1.807) is 24.4 Å². The van der Waals surface area contributed by atoms with Crippen LogP contribution in [0.3, 0.4) is 0 Å². The van der Waals surface area contributed by atoms with Gasteiger partial charge in [0.1, 0.15) is 5.75 Å². The third-order valence-corrected chi connectivity index (χ3v) is 4.48. The highest BCUT2D eigenvalue weighted by atomic mass is 32.2. The van der Waals surface area contributed by atoms with Crippen LogP contribution in [0, 0.1) is 10.1 Å². The summed E-state index contributed by atoms with van der Waals surface area (Å²) in [6.07, 6.45) is 3.05. The molecule has 29 heavy (non-hydrogen) atoms. The highest BCUT2D eigenvalue weighted by molar-refractivity contribution is 8.13. The van der Waals surface area contributed by atoms with Gasteiger partial charge in [0, 0.05) is 5.75 Å². The Kier molecular flexibility index (Phi) is 6.95. The van der Waals surface area contributed by atoms with Crippen LogP contribution in [0.15, 0.2) is 77.1 Å². The zero-order chi connectivity index (χ0) is 20.5. The van der Waals surface area contributed by atoms with Gasteiger partial charge in [-0.3, -0.25) is 0 Å². The van der Waals surface area contributed by atoms with Crippen molar-refractivity contribution in [2.45, 2.75) is 12.5 Å². The van der Waals surface area contributed by atoms with E-state index in [0.717, 1.165) is 16.9 Å². The summed E-state index contributed by atoms with van der Waals surface area (Å²) in [7, 11) is 0. The van der Waals surface area contributed by atoms with E-state index < -0.39 is 4.92 Å². The summed E-state index contributed by atoms with van der Waals surface area (Å²) in [5.74, 6) is 1.07. The zero-order valence-electron chi connectivity index (χ0n) is 15.3. The number of rotatable bonds is 8. The lowest BCUT2D eigenvalue weighted by atomic mass is 10.2. The summed E-state index contributed by atoms with van der Waals surface area (Å²) in [6.45, 7) is 0.0513. The molecule has 2 aromatic carbocycles. The molecule has 0 aliphatic rings. The predicted molar refractivity (Wildman–Crippen MR) is 113 cm³/mol. The Bertz CT molecular complexity index is 1020. The van der Waals surface area contributed by atoms with Crippen molar-refractivity contribution in [3.63, 3.8) is 0 Å². The number of thioether (sulfide) groups is 1. The van der Waals surface area contributed by atoms with Crippen molar-refractivity contribution >= 4 is 29.0 Å². The molecule has 0 aliphatic heterocycles. The molecule has 0 atom stereocenters. The number of hydrogen-bond acceptors (Lipinski definition) is 7. The largest absolute Gasteiger partial charge is 0.469 e. The van der Waals surface area contributed by atoms with Gasteiger partial charge in [-0.15, -0.1) is 9.78 Å². The summed E-state index contributed by atoms with van der Waals surface area (Å²) in [5.41, 5.74) is 7.80. The van der Waals surface area contributed by atoms with Gasteiger partial charge in [-0.2, -0.15) is 5.10 Å². The van der Waals surface area contributed by atoms with Crippen LogP contribution in [0.1, 0.15) is 11.1 Å². The fourth-order valence-electron chi connectivity index (χ4n) is 2.26. The van der Waals surface area contributed by atoms with Crippen LogP contribution in [0.4, 0.5) is 5.82 Å². The topological polar surface area (TPSA) is 121 Å². The second kappa shape index (κ2) is 10.0. The number of nitrogens with zero attached hydrogens (tertiary/aromatic N) is 5. The lowest BCUT2D eigenvalue weighted by Crippen LogP contribution is -2.06. The number of amidine groups is 1. The normalized spacial score (nSPS) is 11.7. The highest BCUT2D eigenvalue weighted by Gasteiger charge is 2.10. The van der Waals surface area contributed by atoms with Crippen molar-refractivity contribution in [2.24, 2.45) is 15.9 Å². The smallest absolute Gasteiger partial charge is 0.390 e. The maximum absolute atomic E-state index is 10.6. The van der Waals surface area contributed by atoms with E-state index in [2.05, 4.69) is 15.3 Å². The van der Waals surface area contributed by atoms with E-state index in [4.69, 9.17) is 10.5 Å². The third kappa shape index (κ3) is 6.47. The van der Waals surface area contributed by atoms with Gasteiger partial charge in [-0.05, 0) is 28.2 Å². The molecule has 0 saturated carbocycles. The summed E-state index contributed by atoms with van der Waals surface area (Å²) < 4.78 is 6.93. The first-order chi connectivity index (χ1) is 14.1. The summed E-state index contributed by atoms with van der Waals surface area (Å²) >= 11 is 1.41. The van der Waals surface area contributed by atoms with Gasteiger partial charge in [-0.1, -0.05) is 54.2 Å². The van der Waals surface area contributed by atoms with Gasteiger partial charge in [0.05, 0.1) is 23.6 Å². The molecule has 2 N–H and O–H groups in total. The molecular formula is C19H18N6O3S. The highest BCUT2D eigenvalue weighted by Crippen LogP contribution is 2.14. The molecule has 0 saturated heterocycles. The lowest BCUT2D eigenvalue weighted by molar-refractivity contribution is -0.389. The monoisotopic (exact) mass is 410 g/mol. The Hall–Kier alpha value is -3.66. The summed E-state index contributed by atoms with van der Waals surface area (Å²) in [6, 6.07) is 18.5. The summed E-state index contributed by atoms with van der Waals surface area (Å²) in [5, 5.41) is 22.8. The van der Waals surface area contributed by atoms with Gasteiger partial charge in [-0.25, -0.2) is 0 Å². The molecule has 0 aliphatic carbocycles. The SMILES string of the molecule is NC(=NN=Cc1cccc(OCn2ccc([N+](=O)[O-])n2)c1)SCc1ccccc1. The predicted octanol–water partition coefficient (Wildman–Crippen LogP) is 3.41. The molecule has 0 spiro atoms. The van der Waals surface area contributed by atoms with Gasteiger partial charge in [0.25, 0.3) is 0 Å². The van der Waals surface area contributed by atoms with Gasteiger partial charge in [0.2, 0.25) is 6.73 Å². The van der Waals surface area contributed by atoms with Crippen LogP contribution < -0.4 is 10.5 Å². The number of nitrogens with two attached hydrogens (primary N) is 1. The van der Waals surface area contributed by atoms with Crippen molar-refractivity contribution in [3.8, 4) is 5.75 Å². The minimum atomic E-state index is -0.558. The Morgan fingerprint density at radius 1 is 1.24 bits per heavy atom. The number of benzene rings is 2. The first-order valence-corrected chi connectivity index (χ1v) is 9.52. The van der Waals surface area contributed by atoms with Crippen molar-refractivity contribution in [2.75, 3.05) is 0 Å². The molecule has 3 rings (SSSR count). The van der Waals surface area contributed by atoms with Crippen molar-refractivity contribution < 1.29 is 9.66 Å². The Labute approximate surface area is 171 Å². The minimum Gasteiger partial charge on any atom is -0.469 e. The van der Waals surface area contributed by atoms with Crippen LogP contribution in [-0.4, -0.2) is 26.1 Å². The number of hydrogen-bond donors (Lipinski definition) is 1. The van der Waals surface area contributed by atoms with Crippen LogP contribution in [0.2, 0.25) is 0 Å². The van der Waals surface area contributed by atoms with Crippen molar-refractivity contribution in [1.82, 2.24) is 9.78 Å². The lowest BCUT2D eigenvalue weighted by Gasteiger charge is -2.04. The number of ether oxygens (including phenoxy) is 1. The average Bonchev–Trinajstić information content (AvgIpc) is 3.21. The van der Waals surface area contributed by atoms with E-state index in [-0.39, 0.29) is 12.5 Å². The molecule has 0 bridgehead atoms. The Morgan fingerprint density at radius 2 is 2.07 bits per heavy atom. The molecule has 1 aromatic heterocycles.